The lowest BCUT2D eigenvalue weighted by molar-refractivity contribution is 0.0207. The van der Waals surface area contributed by atoms with Gasteiger partial charge in [0.05, 0.1) is 6.10 Å². The number of aryl methyl sites for hydroxylation is 2. The number of methoxy groups -OCH3 is 1. The minimum atomic E-state index is 0.315. The molecule has 1 aliphatic rings. The van der Waals surface area contributed by atoms with E-state index in [1.807, 2.05) is 0 Å². The second-order valence-corrected chi connectivity index (χ2v) is 5.03. The molecular formula is C15H22O2. The molecule has 0 radical (unpaired) electrons. The molecule has 1 aliphatic carbocycles. The summed E-state index contributed by atoms with van der Waals surface area (Å²) in [6, 6.07) is 6.37. The first kappa shape index (κ1) is 12.4. The van der Waals surface area contributed by atoms with Crippen molar-refractivity contribution >= 4 is 0 Å². The molecule has 1 aromatic carbocycles. The largest absolute Gasteiger partial charge is 0.490 e. The molecule has 0 heterocycles. The van der Waals surface area contributed by atoms with Crippen LogP contribution in [0.1, 0.15) is 36.8 Å². The molecule has 1 saturated carbocycles. The second-order valence-electron chi connectivity index (χ2n) is 5.03. The van der Waals surface area contributed by atoms with E-state index in [2.05, 4.69) is 32.0 Å². The lowest BCUT2D eigenvalue weighted by atomic mass is 9.95. The van der Waals surface area contributed by atoms with E-state index in [0.717, 1.165) is 18.6 Å². The van der Waals surface area contributed by atoms with Crippen molar-refractivity contribution < 1.29 is 9.47 Å². The molecule has 1 aromatic rings. The van der Waals surface area contributed by atoms with Gasteiger partial charge in [-0.2, -0.15) is 0 Å². The Morgan fingerprint density at radius 3 is 2.59 bits per heavy atom. The Labute approximate surface area is 104 Å². The van der Waals surface area contributed by atoms with Crippen LogP contribution in [0.3, 0.4) is 0 Å². The summed E-state index contributed by atoms with van der Waals surface area (Å²) in [6.45, 7) is 4.22. The van der Waals surface area contributed by atoms with Gasteiger partial charge >= 0.3 is 0 Å². The highest BCUT2D eigenvalue weighted by molar-refractivity contribution is 5.35. The van der Waals surface area contributed by atoms with Crippen LogP contribution in [0, 0.1) is 13.8 Å². The molecule has 2 unspecified atom stereocenters. The number of hydrogen-bond acceptors (Lipinski definition) is 2. The summed E-state index contributed by atoms with van der Waals surface area (Å²) in [6.07, 6.45) is 5.23. The van der Waals surface area contributed by atoms with Gasteiger partial charge in [-0.15, -0.1) is 0 Å². The zero-order valence-electron chi connectivity index (χ0n) is 11.0. The third-order valence-corrected chi connectivity index (χ3v) is 3.54. The van der Waals surface area contributed by atoms with Crippen LogP contribution >= 0.6 is 0 Å². The molecule has 2 heteroatoms. The average Bonchev–Trinajstić information content (AvgIpc) is 2.33. The third-order valence-electron chi connectivity index (χ3n) is 3.54. The smallest absolute Gasteiger partial charge is 0.122 e. The monoisotopic (exact) mass is 234 g/mol. The summed E-state index contributed by atoms with van der Waals surface area (Å²) in [5.41, 5.74) is 2.51. The molecule has 0 amide bonds. The summed E-state index contributed by atoms with van der Waals surface area (Å²) in [5.74, 6) is 1.03. The van der Waals surface area contributed by atoms with Crippen LogP contribution in [0.5, 0.6) is 5.75 Å². The highest BCUT2D eigenvalue weighted by Crippen LogP contribution is 2.27. The summed E-state index contributed by atoms with van der Waals surface area (Å²) in [5, 5.41) is 0. The van der Waals surface area contributed by atoms with Crippen molar-refractivity contribution in [3.05, 3.63) is 29.3 Å². The zero-order valence-corrected chi connectivity index (χ0v) is 11.0. The van der Waals surface area contributed by atoms with Crippen molar-refractivity contribution in [3.8, 4) is 5.75 Å². The fourth-order valence-electron chi connectivity index (χ4n) is 2.53. The predicted octanol–water partition coefficient (Wildman–Crippen LogP) is 3.64. The highest BCUT2D eigenvalue weighted by Gasteiger charge is 2.23. The molecule has 0 spiro atoms. The number of ether oxygens (including phenoxy) is 2. The van der Waals surface area contributed by atoms with Gasteiger partial charge in [0.2, 0.25) is 0 Å². The Morgan fingerprint density at radius 2 is 1.88 bits per heavy atom. The maximum atomic E-state index is 6.09. The Hall–Kier alpha value is -1.02. The van der Waals surface area contributed by atoms with Crippen LogP contribution in [0.2, 0.25) is 0 Å². The lowest BCUT2D eigenvalue weighted by Gasteiger charge is -2.29. The summed E-state index contributed by atoms with van der Waals surface area (Å²) >= 11 is 0. The van der Waals surface area contributed by atoms with Gasteiger partial charge in [-0.1, -0.05) is 17.7 Å². The van der Waals surface area contributed by atoms with E-state index < -0.39 is 0 Å². The van der Waals surface area contributed by atoms with Crippen LogP contribution in [0.4, 0.5) is 0 Å². The van der Waals surface area contributed by atoms with E-state index in [9.17, 15) is 0 Å². The lowest BCUT2D eigenvalue weighted by Crippen LogP contribution is -2.29. The molecule has 17 heavy (non-hydrogen) atoms. The van der Waals surface area contributed by atoms with Gasteiger partial charge in [0.25, 0.3) is 0 Å². The van der Waals surface area contributed by atoms with Crippen molar-refractivity contribution in [2.24, 2.45) is 0 Å². The van der Waals surface area contributed by atoms with Gasteiger partial charge in [0, 0.05) is 13.5 Å². The van der Waals surface area contributed by atoms with Gasteiger partial charge < -0.3 is 9.47 Å². The maximum Gasteiger partial charge on any atom is 0.122 e. The van der Waals surface area contributed by atoms with Crippen LogP contribution in [-0.4, -0.2) is 19.3 Å². The van der Waals surface area contributed by atoms with Crippen LogP contribution in [0.25, 0.3) is 0 Å². The Morgan fingerprint density at radius 1 is 1.12 bits per heavy atom. The van der Waals surface area contributed by atoms with Gasteiger partial charge in [-0.3, -0.25) is 0 Å². The Kier molecular flexibility index (Phi) is 4.06. The molecule has 0 aromatic heterocycles. The van der Waals surface area contributed by atoms with E-state index in [1.54, 1.807) is 7.11 Å². The first-order chi connectivity index (χ1) is 8.19. The normalized spacial score (nSPS) is 24.6. The Balaban J connectivity index is 2.00. The molecule has 2 rings (SSSR count). The molecule has 2 nitrogen and oxygen atoms in total. The van der Waals surface area contributed by atoms with E-state index in [4.69, 9.17) is 9.47 Å². The van der Waals surface area contributed by atoms with Gasteiger partial charge in [-0.05, 0) is 44.7 Å². The molecule has 0 aliphatic heterocycles. The van der Waals surface area contributed by atoms with E-state index in [0.29, 0.717) is 12.2 Å². The third kappa shape index (κ3) is 3.22. The van der Waals surface area contributed by atoms with E-state index in [-0.39, 0.29) is 0 Å². The first-order valence-electron chi connectivity index (χ1n) is 6.45. The Bertz CT molecular complexity index is 373. The zero-order chi connectivity index (χ0) is 12.3. The molecule has 0 N–H and O–H groups in total. The first-order valence-corrected chi connectivity index (χ1v) is 6.45. The molecule has 1 fully saturated rings. The maximum absolute atomic E-state index is 6.09. The van der Waals surface area contributed by atoms with Gasteiger partial charge in [0.15, 0.2) is 0 Å². The fraction of sp³-hybridized carbons (Fsp3) is 0.600. The van der Waals surface area contributed by atoms with Crippen LogP contribution in [-0.2, 0) is 4.74 Å². The molecule has 0 bridgehead atoms. The minimum Gasteiger partial charge on any atom is -0.490 e. The van der Waals surface area contributed by atoms with Crippen molar-refractivity contribution in [3.63, 3.8) is 0 Å². The predicted molar refractivity (Wildman–Crippen MR) is 69.6 cm³/mol. The SMILES string of the molecule is COC1CCCC(Oc2ccc(C)cc2C)C1. The fourth-order valence-corrected chi connectivity index (χ4v) is 2.53. The molecule has 2 atom stereocenters. The van der Waals surface area contributed by atoms with Crippen molar-refractivity contribution in [2.45, 2.75) is 51.7 Å². The van der Waals surface area contributed by atoms with Gasteiger partial charge in [0.1, 0.15) is 11.9 Å². The number of benzene rings is 1. The standard InChI is InChI=1S/C15H22O2/c1-11-7-8-15(12(2)9-11)17-14-6-4-5-13(10-14)16-3/h7-9,13-14H,4-6,10H2,1-3H3. The second kappa shape index (κ2) is 5.54. The van der Waals surface area contributed by atoms with Crippen molar-refractivity contribution in [2.75, 3.05) is 7.11 Å². The number of rotatable bonds is 3. The molecular weight excluding hydrogens is 212 g/mol. The van der Waals surface area contributed by atoms with Crippen molar-refractivity contribution in [1.29, 1.82) is 0 Å². The summed E-state index contributed by atoms with van der Waals surface area (Å²) in [4.78, 5) is 0. The summed E-state index contributed by atoms with van der Waals surface area (Å²) < 4.78 is 11.5. The van der Waals surface area contributed by atoms with Crippen LogP contribution < -0.4 is 4.74 Å². The summed E-state index contributed by atoms with van der Waals surface area (Å²) in [7, 11) is 1.80. The quantitative estimate of drug-likeness (QED) is 0.795. The van der Waals surface area contributed by atoms with Gasteiger partial charge in [-0.25, -0.2) is 0 Å². The highest BCUT2D eigenvalue weighted by atomic mass is 16.5. The van der Waals surface area contributed by atoms with Crippen molar-refractivity contribution in [1.82, 2.24) is 0 Å². The molecule has 0 saturated heterocycles. The van der Waals surface area contributed by atoms with E-state index >= 15 is 0 Å². The van der Waals surface area contributed by atoms with Crippen LogP contribution in [0.15, 0.2) is 18.2 Å². The minimum absolute atomic E-state index is 0.315. The number of hydrogen-bond donors (Lipinski definition) is 0. The topological polar surface area (TPSA) is 18.5 Å². The van der Waals surface area contributed by atoms with E-state index in [1.165, 1.54) is 24.0 Å². The molecule has 94 valence electrons. The average molecular weight is 234 g/mol.